The molecular weight excluding hydrogens is 488 g/mol. The van der Waals surface area contributed by atoms with E-state index in [1.807, 2.05) is 90.4 Å². The van der Waals surface area contributed by atoms with Crippen LogP contribution >= 0.6 is 0 Å². The number of rotatable bonds is 7. The molecule has 39 heavy (non-hydrogen) atoms. The third-order valence-electron chi connectivity index (χ3n) is 7.22. The van der Waals surface area contributed by atoms with Gasteiger partial charge in [0.2, 0.25) is 5.78 Å². The Hall–Kier alpha value is -4.97. The molecule has 6 aromatic rings. The van der Waals surface area contributed by atoms with Gasteiger partial charge in [0.05, 0.1) is 12.7 Å². The van der Waals surface area contributed by atoms with Gasteiger partial charge in [-0.25, -0.2) is 13.9 Å². The van der Waals surface area contributed by atoms with Crippen LogP contribution in [0, 0.1) is 6.92 Å². The molecule has 0 N–H and O–H groups in total. The molecule has 0 saturated carbocycles. The molecule has 0 saturated heterocycles. The first-order chi connectivity index (χ1) is 19.0. The lowest BCUT2D eigenvalue weighted by Gasteiger charge is -2.16. The number of imidazole rings is 1. The topological polar surface area (TPSA) is 65.3 Å². The summed E-state index contributed by atoms with van der Waals surface area (Å²) >= 11 is 0. The summed E-state index contributed by atoms with van der Waals surface area (Å²) in [6.07, 6.45) is 0. The van der Waals surface area contributed by atoms with E-state index in [0.717, 1.165) is 27.8 Å². The third kappa shape index (κ3) is 4.40. The maximum absolute atomic E-state index is 13.4. The number of benzene rings is 4. The molecule has 0 amide bonds. The number of carbonyl (C=O) groups excluding carboxylic acids is 1. The molecule has 4 aromatic carbocycles. The van der Waals surface area contributed by atoms with Crippen LogP contribution in [0.15, 0.2) is 118 Å². The fraction of sp³-hybridized carbons (Fsp3) is 0.121. The van der Waals surface area contributed by atoms with Gasteiger partial charge in [-0.3, -0.25) is 4.79 Å². The van der Waals surface area contributed by atoms with Crippen LogP contribution in [0.2, 0.25) is 0 Å². The zero-order chi connectivity index (χ0) is 26.9. The van der Waals surface area contributed by atoms with Crippen molar-refractivity contribution in [3.63, 3.8) is 0 Å². The summed E-state index contributed by atoms with van der Waals surface area (Å²) in [5.74, 6) is 1.53. The van der Waals surface area contributed by atoms with Gasteiger partial charge in [0, 0.05) is 23.4 Å². The van der Waals surface area contributed by atoms with Crippen molar-refractivity contribution >= 4 is 27.8 Å². The van der Waals surface area contributed by atoms with Crippen molar-refractivity contribution in [2.24, 2.45) is 0 Å². The number of Topliss-reactive ketones (excluding diaryl/α,β-unsaturated/α-hetero) is 1. The molecule has 2 heterocycles. The molecule has 0 aliphatic carbocycles. The Morgan fingerprint density at radius 3 is 2.36 bits per heavy atom. The van der Waals surface area contributed by atoms with Gasteiger partial charge in [0.1, 0.15) is 11.3 Å². The van der Waals surface area contributed by atoms with Crippen LogP contribution in [0.5, 0.6) is 5.75 Å². The summed E-state index contributed by atoms with van der Waals surface area (Å²) in [6, 6.07) is 34.0. The molecule has 1 atom stereocenters. The van der Waals surface area contributed by atoms with E-state index in [4.69, 9.17) is 9.15 Å². The molecule has 6 rings (SSSR count). The smallest absolute Gasteiger partial charge is 0.344 e. The van der Waals surface area contributed by atoms with Crippen molar-refractivity contribution in [3.8, 4) is 5.75 Å². The first-order valence-corrected chi connectivity index (χ1v) is 12.8. The third-order valence-corrected chi connectivity index (χ3v) is 7.22. The normalized spacial score (nSPS) is 12.1. The predicted octanol–water partition coefficient (Wildman–Crippen LogP) is 5.87. The Bertz CT molecular complexity index is 1870. The van der Waals surface area contributed by atoms with Gasteiger partial charge in [-0.2, -0.15) is 0 Å². The summed E-state index contributed by atoms with van der Waals surface area (Å²) in [7, 11) is 1.60. The van der Waals surface area contributed by atoms with E-state index in [9.17, 15) is 9.59 Å². The number of ketones is 1. The number of hydrogen-bond acceptors (Lipinski definition) is 4. The highest BCUT2D eigenvalue weighted by Crippen LogP contribution is 2.31. The van der Waals surface area contributed by atoms with Gasteiger partial charge < -0.3 is 9.15 Å². The first kappa shape index (κ1) is 24.4. The van der Waals surface area contributed by atoms with E-state index >= 15 is 0 Å². The van der Waals surface area contributed by atoms with E-state index in [1.165, 1.54) is 0 Å². The number of ether oxygens (including phenoxy) is 1. The summed E-state index contributed by atoms with van der Waals surface area (Å²) in [4.78, 5) is 26.8. The lowest BCUT2D eigenvalue weighted by Crippen LogP contribution is -2.41. The predicted molar refractivity (Wildman–Crippen MR) is 150 cm³/mol. The largest absolute Gasteiger partial charge is 0.497 e. The van der Waals surface area contributed by atoms with Crippen LogP contribution in [0.25, 0.3) is 22.0 Å². The number of fused-ring (bicyclic) bond motifs is 2. The highest BCUT2D eigenvalue weighted by Gasteiger charge is 2.33. The second-order valence-corrected chi connectivity index (χ2v) is 9.48. The van der Waals surface area contributed by atoms with Crippen LogP contribution in [0.4, 0.5) is 0 Å². The Morgan fingerprint density at radius 1 is 0.897 bits per heavy atom. The average Bonchev–Trinajstić information content (AvgIpc) is 3.25. The van der Waals surface area contributed by atoms with Gasteiger partial charge in [-0.1, -0.05) is 60.7 Å². The van der Waals surface area contributed by atoms with Gasteiger partial charge >= 0.3 is 5.63 Å². The van der Waals surface area contributed by atoms with Crippen molar-refractivity contribution in [1.29, 1.82) is 0 Å². The molecule has 2 aromatic heterocycles. The highest BCUT2D eigenvalue weighted by molar-refractivity contribution is 5.95. The van der Waals surface area contributed by atoms with Gasteiger partial charge in [-0.05, 0) is 48.5 Å². The Morgan fingerprint density at radius 2 is 1.59 bits per heavy atom. The summed E-state index contributed by atoms with van der Waals surface area (Å²) < 4.78 is 15.2. The number of methoxy groups -OCH3 is 1. The molecule has 0 bridgehead atoms. The number of aromatic nitrogens is 2. The monoisotopic (exact) mass is 515 g/mol. The number of hydrogen-bond donors (Lipinski definition) is 0. The number of nitrogens with zero attached hydrogens (tertiary/aromatic N) is 2. The number of para-hydroxylation sites is 3. The highest BCUT2D eigenvalue weighted by atomic mass is 16.5. The maximum atomic E-state index is 13.4. The van der Waals surface area contributed by atoms with Gasteiger partial charge in [0.15, 0.2) is 23.6 Å². The van der Waals surface area contributed by atoms with Crippen LogP contribution in [-0.2, 0) is 6.54 Å². The minimum atomic E-state index is -0.464. The minimum Gasteiger partial charge on any atom is -0.497 e. The summed E-state index contributed by atoms with van der Waals surface area (Å²) in [5.41, 5.74) is 4.05. The minimum absolute atomic E-state index is 0.0184. The Labute approximate surface area is 225 Å². The molecule has 0 aliphatic rings. The average molecular weight is 516 g/mol. The van der Waals surface area contributed by atoms with Crippen molar-refractivity contribution < 1.29 is 18.5 Å². The molecule has 6 heteroatoms. The van der Waals surface area contributed by atoms with Crippen LogP contribution in [0.3, 0.4) is 0 Å². The maximum Gasteiger partial charge on any atom is 0.344 e. The van der Waals surface area contributed by atoms with Crippen LogP contribution in [0.1, 0.15) is 33.4 Å². The fourth-order valence-electron chi connectivity index (χ4n) is 5.28. The van der Waals surface area contributed by atoms with Crippen molar-refractivity contribution in [2.45, 2.75) is 19.5 Å². The van der Waals surface area contributed by atoms with E-state index in [0.29, 0.717) is 22.5 Å². The number of carbonyl (C=O) groups is 1. The van der Waals surface area contributed by atoms with E-state index in [2.05, 4.69) is 4.57 Å². The first-order valence-electron chi connectivity index (χ1n) is 12.8. The second kappa shape index (κ2) is 10.1. The van der Waals surface area contributed by atoms with E-state index < -0.39 is 6.04 Å². The van der Waals surface area contributed by atoms with Gasteiger partial charge in [0.25, 0.3) is 5.82 Å². The standard InChI is InChI=1S/C33H27N2O4/c1-22-34(21-30(36)23-16-18-26(38-2)19-17-23)28-13-7-8-14-29(28)35(22)32(24-10-4-3-5-11-24)27-20-25-12-6-9-15-31(25)39-33(27)37/h3-20,32H,21H2,1-2H3/q+1. The molecular formula is C33H27N2O4+. The molecule has 0 spiro atoms. The van der Waals surface area contributed by atoms with E-state index in [1.54, 1.807) is 37.4 Å². The lowest BCUT2D eigenvalue weighted by atomic mass is 9.98. The van der Waals surface area contributed by atoms with Crippen molar-refractivity contribution in [3.05, 3.63) is 142 Å². The van der Waals surface area contributed by atoms with Gasteiger partial charge in [-0.15, -0.1) is 0 Å². The molecule has 0 radical (unpaired) electrons. The van der Waals surface area contributed by atoms with Crippen molar-refractivity contribution in [1.82, 2.24) is 4.57 Å². The SMILES string of the molecule is COc1ccc(C(=O)C[n+]2c(C)n(C(c3ccccc3)c3cc4ccccc4oc3=O)c3ccccc32)cc1. The fourth-order valence-corrected chi connectivity index (χ4v) is 5.28. The lowest BCUT2D eigenvalue weighted by molar-refractivity contribution is -0.664. The second-order valence-electron chi connectivity index (χ2n) is 9.48. The molecule has 6 nitrogen and oxygen atoms in total. The summed E-state index contributed by atoms with van der Waals surface area (Å²) in [5, 5.41) is 0.852. The zero-order valence-electron chi connectivity index (χ0n) is 21.7. The van der Waals surface area contributed by atoms with E-state index in [-0.39, 0.29) is 18.0 Å². The molecule has 0 aliphatic heterocycles. The zero-order valence-corrected chi connectivity index (χ0v) is 21.7. The Balaban J connectivity index is 1.55. The quantitative estimate of drug-likeness (QED) is 0.151. The van der Waals surface area contributed by atoms with Crippen molar-refractivity contribution in [2.75, 3.05) is 7.11 Å². The Kier molecular flexibility index (Phi) is 6.29. The molecule has 0 fully saturated rings. The summed E-state index contributed by atoms with van der Waals surface area (Å²) in [6.45, 7) is 2.14. The van der Waals surface area contributed by atoms with Crippen LogP contribution < -0.4 is 14.9 Å². The van der Waals surface area contributed by atoms with Crippen LogP contribution in [-0.4, -0.2) is 17.5 Å². The molecule has 192 valence electrons. The molecule has 1 unspecified atom stereocenters.